The topological polar surface area (TPSA) is 49.6 Å². The van der Waals surface area contributed by atoms with Crippen LogP contribution in [0.25, 0.3) is 5.65 Å². The Morgan fingerprint density at radius 1 is 1.21 bits per heavy atom. The summed E-state index contributed by atoms with van der Waals surface area (Å²) in [6.45, 7) is 7.35. The summed E-state index contributed by atoms with van der Waals surface area (Å²) in [5, 5.41) is 2.54. The van der Waals surface area contributed by atoms with Gasteiger partial charge in [-0.25, -0.2) is 4.98 Å². The number of hydrogen-bond acceptors (Lipinski definition) is 3. The predicted octanol–water partition coefficient (Wildman–Crippen LogP) is 5.41. The van der Waals surface area contributed by atoms with E-state index in [0.29, 0.717) is 5.69 Å². The van der Waals surface area contributed by atoms with Crippen LogP contribution in [0.3, 0.4) is 0 Å². The minimum absolute atomic E-state index is 0.000759. The Hall–Kier alpha value is -2.74. The Bertz CT molecular complexity index is 1040. The molecule has 1 aromatic carbocycles. The number of aryl methyl sites for hydroxylation is 1. The lowest BCUT2D eigenvalue weighted by molar-refractivity contribution is -0.137. The molecule has 0 bridgehead atoms. The number of imidazole rings is 1. The van der Waals surface area contributed by atoms with Gasteiger partial charge in [-0.2, -0.15) is 13.2 Å². The lowest BCUT2D eigenvalue weighted by Crippen LogP contribution is -2.21. The van der Waals surface area contributed by atoms with Crippen molar-refractivity contribution in [2.45, 2.75) is 26.9 Å². The third-order valence-corrected chi connectivity index (χ3v) is 4.92. The van der Waals surface area contributed by atoms with E-state index in [2.05, 4.69) is 15.2 Å². The molecular formula is C20H20ClF3N4O. The van der Waals surface area contributed by atoms with Crippen LogP contribution in [-0.4, -0.2) is 28.4 Å². The summed E-state index contributed by atoms with van der Waals surface area (Å²) in [6.07, 6.45) is -3.76. The molecule has 0 fully saturated rings. The number of benzene rings is 1. The number of nitrogens with zero attached hydrogens (tertiary/aromatic N) is 3. The fourth-order valence-corrected chi connectivity index (χ4v) is 3.43. The number of hydrogen-bond donors (Lipinski definition) is 1. The molecule has 0 aliphatic rings. The Kier molecular flexibility index (Phi) is 5.75. The highest BCUT2D eigenvalue weighted by Gasteiger charge is 2.33. The molecule has 0 saturated carbocycles. The zero-order valence-electron chi connectivity index (χ0n) is 16.1. The first-order valence-electron chi connectivity index (χ1n) is 9.07. The van der Waals surface area contributed by atoms with Gasteiger partial charge in [-0.05, 0) is 51.1 Å². The average molecular weight is 425 g/mol. The number of rotatable bonds is 5. The Morgan fingerprint density at radius 3 is 2.38 bits per heavy atom. The van der Waals surface area contributed by atoms with Crippen LogP contribution in [0.1, 0.15) is 35.6 Å². The molecular weight excluding hydrogens is 405 g/mol. The number of fused-ring (bicyclic) bond motifs is 1. The van der Waals surface area contributed by atoms with Gasteiger partial charge in [-0.1, -0.05) is 11.6 Å². The first-order chi connectivity index (χ1) is 13.7. The molecule has 5 nitrogen and oxygen atoms in total. The number of carbonyl (C=O) groups is 1. The fourth-order valence-electron chi connectivity index (χ4n) is 3.18. The summed E-state index contributed by atoms with van der Waals surface area (Å²) in [6, 6.07) is 8.05. The van der Waals surface area contributed by atoms with Gasteiger partial charge in [0.15, 0.2) is 5.65 Å². The highest BCUT2D eigenvalue weighted by Crippen LogP contribution is 2.33. The predicted molar refractivity (Wildman–Crippen MR) is 108 cm³/mol. The van der Waals surface area contributed by atoms with E-state index in [1.807, 2.05) is 26.0 Å². The molecule has 0 aliphatic heterocycles. The molecule has 1 amide bonds. The van der Waals surface area contributed by atoms with Crippen LogP contribution in [0.5, 0.6) is 0 Å². The summed E-state index contributed by atoms with van der Waals surface area (Å²) < 4.78 is 40.5. The number of nitrogens with one attached hydrogen (secondary N) is 1. The molecule has 9 heteroatoms. The number of pyridine rings is 1. The van der Waals surface area contributed by atoms with E-state index in [0.717, 1.165) is 35.4 Å². The van der Waals surface area contributed by atoms with Crippen LogP contribution in [0.15, 0.2) is 36.5 Å². The van der Waals surface area contributed by atoms with Crippen LogP contribution in [0.2, 0.25) is 5.02 Å². The van der Waals surface area contributed by atoms with Crippen LogP contribution in [0.4, 0.5) is 24.5 Å². The van der Waals surface area contributed by atoms with Crippen molar-refractivity contribution in [1.29, 1.82) is 0 Å². The Balaban J connectivity index is 1.95. The van der Waals surface area contributed by atoms with E-state index in [-0.39, 0.29) is 22.1 Å². The molecule has 29 heavy (non-hydrogen) atoms. The Morgan fingerprint density at radius 2 is 1.83 bits per heavy atom. The van der Waals surface area contributed by atoms with Crippen LogP contribution in [0, 0.1) is 6.92 Å². The smallest absolute Gasteiger partial charge is 0.372 e. The second kappa shape index (κ2) is 7.94. The van der Waals surface area contributed by atoms with E-state index in [1.165, 1.54) is 0 Å². The van der Waals surface area contributed by atoms with E-state index >= 15 is 0 Å². The van der Waals surface area contributed by atoms with Crippen molar-refractivity contribution in [3.63, 3.8) is 0 Å². The molecule has 0 atom stereocenters. The van der Waals surface area contributed by atoms with Crippen molar-refractivity contribution in [2.75, 3.05) is 23.3 Å². The van der Waals surface area contributed by atoms with Crippen molar-refractivity contribution in [3.05, 3.63) is 58.5 Å². The maximum atomic E-state index is 13.1. The molecule has 0 aliphatic carbocycles. The van der Waals surface area contributed by atoms with Crippen LogP contribution < -0.4 is 10.2 Å². The number of carbonyl (C=O) groups excluding carboxylic acids is 1. The lowest BCUT2D eigenvalue weighted by atomic mass is 10.2. The van der Waals surface area contributed by atoms with Gasteiger partial charge in [0.2, 0.25) is 0 Å². The highest BCUT2D eigenvalue weighted by atomic mass is 35.5. The van der Waals surface area contributed by atoms with E-state index in [9.17, 15) is 18.0 Å². The highest BCUT2D eigenvalue weighted by molar-refractivity contribution is 6.33. The van der Waals surface area contributed by atoms with Crippen LogP contribution >= 0.6 is 11.6 Å². The zero-order valence-corrected chi connectivity index (χ0v) is 16.9. The minimum Gasteiger partial charge on any atom is -0.372 e. The number of aromatic nitrogens is 2. The van der Waals surface area contributed by atoms with Crippen LogP contribution in [-0.2, 0) is 6.18 Å². The molecule has 1 N–H and O–H groups in total. The second-order valence-corrected chi connectivity index (χ2v) is 6.89. The van der Waals surface area contributed by atoms with Gasteiger partial charge in [0.1, 0.15) is 5.69 Å². The number of alkyl halides is 3. The normalized spacial score (nSPS) is 11.7. The van der Waals surface area contributed by atoms with Crippen molar-refractivity contribution >= 4 is 34.5 Å². The standard InChI is InChI=1S/C20H20ClF3N4O/c1-4-27(5-2)15-8-6-14(7-9-15)26-19(29)17-12(3)25-18-16(21)10-13(11-28(17)18)20(22,23)24/h6-11H,4-5H2,1-3H3,(H,26,29). The fraction of sp³-hybridized carbons (Fsp3) is 0.300. The molecule has 0 saturated heterocycles. The van der Waals surface area contributed by atoms with E-state index in [1.54, 1.807) is 19.1 Å². The zero-order chi connectivity index (χ0) is 21.3. The monoisotopic (exact) mass is 424 g/mol. The first-order valence-corrected chi connectivity index (χ1v) is 9.45. The van der Waals surface area contributed by atoms with Crippen molar-refractivity contribution in [3.8, 4) is 0 Å². The molecule has 154 valence electrons. The summed E-state index contributed by atoms with van der Waals surface area (Å²) >= 11 is 5.97. The maximum Gasteiger partial charge on any atom is 0.417 e. The summed E-state index contributed by atoms with van der Waals surface area (Å²) in [5.74, 6) is -0.569. The minimum atomic E-state index is -4.59. The van der Waals surface area contributed by atoms with Gasteiger partial charge in [-0.15, -0.1) is 0 Å². The van der Waals surface area contributed by atoms with Gasteiger partial charge in [0.25, 0.3) is 5.91 Å². The molecule has 0 radical (unpaired) electrons. The van der Waals surface area contributed by atoms with Gasteiger partial charge >= 0.3 is 6.18 Å². The van der Waals surface area contributed by atoms with Gasteiger partial charge < -0.3 is 10.2 Å². The number of halogens is 4. The second-order valence-electron chi connectivity index (χ2n) is 6.49. The average Bonchev–Trinajstić information content (AvgIpc) is 3.00. The van der Waals surface area contributed by atoms with Gasteiger partial charge in [-0.3, -0.25) is 9.20 Å². The molecule has 0 unspecified atom stereocenters. The third-order valence-electron chi connectivity index (χ3n) is 4.65. The summed E-state index contributed by atoms with van der Waals surface area (Å²) in [4.78, 5) is 19.1. The maximum absolute atomic E-state index is 13.1. The third kappa shape index (κ3) is 4.17. The number of amides is 1. The SMILES string of the molecule is CCN(CC)c1ccc(NC(=O)c2c(C)nc3c(Cl)cc(C(F)(F)F)cn23)cc1. The largest absolute Gasteiger partial charge is 0.417 e. The summed E-state index contributed by atoms with van der Waals surface area (Å²) in [5.41, 5.74) is 0.965. The van der Waals surface area contributed by atoms with Crippen molar-refractivity contribution in [2.24, 2.45) is 0 Å². The molecule has 0 spiro atoms. The molecule has 2 heterocycles. The quantitative estimate of drug-likeness (QED) is 0.595. The number of anilines is 2. The lowest BCUT2D eigenvalue weighted by Gasteiger charge is -2.21. The first kappa shape index (κ1) is 21.0. The van der Waals surface area contributed by atoms with E-state index in [4.69, 9.17) is 11.6 Å². The van der Waals surface area contributed by atoms with Gasteiger partial charge in [0, 0.05) is 30.7 Å². The molecule has 3 rings (SSSR count). The Labute approximate surface area is 171 Å². The van der Waals surface area contributed by atoms with Crippen molar-refractivity contribution < 1.29 is 18.0 Å². The van der Waals surface area contributed by atoms with Gasteiger partial charge in [0.05, 0.1) is 16.3 Å². The summed E-state index contributed by atoms with van der Waals surface area (Å²) in [7, 11) is 0. The molecule has 2 aromatic heterocycles. The van der Waals surface area contributed by atoms with E-state index < -0.39 is 17.6 Å². The van der Waals surface area contributed by atoms with Crippen molar-refractivity contribution in [1.82, 2.24) is 9.38 Å². The molecule has 3 aromatic rings.